The Kier molecular flexibility index (Phi) is 7.50. The molecule has 0 bridgehead atoms. The number of nitro groups is 1. The maximum Gasteiger partial charge on any atom is 0.288 e. The summed E-state index contributed by atoms with van der Waals surface area (Å²) in [5.74, 6) is -0.978. The van der Waals surface area contributed by atoms with Gasteiger partial charge in [0, 0.05) is 11.6 Å². The second kappa shape index (κ2) is 9.83. The van der Waals surface area contributed by atoms with E-state index in [0.29, 0.717) is 10.8 Å². The summed E-state index contributed by atoms with van der Waals surface area (Å²) in [6.45, 7) is -0.358. The van der Waals surface area contributed by atoms with Crippen LogP contribution in [0, 0.1) is 10.1 Å². The number of benzene rings is 2. The van der Waals surface area contributed by atoms with Crippen LogP contribution in [0.4, 0.5) is 5.69 Å². The van der Waals surface area contributed by atoms with Gasteiger partial charge in [-0.25, -0.2) is 0 Å². The molecule has 0 aliphatic rings. The van der Waals surface area contributed by atoms with Crippen LogP contribution in [-0.2, 0) is 4.79 Å². The average molecular weight is 443 g/mol. The maximum absolute atomic E-state index is 12.0. The molecule has 0 fully saturated rings. The molecule has 2 aromatic rings. The van der Waals surface area contributed by atoms with Gasteiger partial charge in [-0.15, -0.1) is 0 Å². The normalized spacial score (nSPS) is 9.93. The molecule has 0 radical (unpaired) electrons. The quantitative estimate of drug-likeness (QED) is 0.369. The molecule has 0 spiro atoms. The number of carbonyl (C=O) groups excluding carboxylic acids is 2. The lowest BCUT2D eigenvalue weighted by Crippen LogP contribution is -2.49. The Labute approximate surface area is 174 Å². The lowest BCUT2D eigenvalue weighted by Gasteiger charge is -2.12. The molecule has 0 unspecified atom stereocenters. The lowest BCUT2D eigenvalue weighted by molar-refractivity contribution is -0.384. The number of nitrogens with one attached hydrogen (secondary N) is 3. The van der Waals surface area contributed by atoms with Crippen LogP contribution in [0.2, 0.25) is 10.0 Å². The molecule has 146 valence electrons. The van der Waals surface area contributed by atoms with Gasteiger partial charge in [0.15, 0.2) is 11.7 Å². The van der Waals surface area contributed by atoms with Crippen LogP contribution >= 0.6 is 35.4 Å². The van der Waals surface area contributed by atoms with Gasteiger partial charge in [0.1, 0.15) is 10.8 Å². The summed E-state index contributed by atoms with van der Waals surface area (Å²) >= 11 is 16.5. The van der Waals surface area contributed by atoms with Crippen molar-refractivity contribution in [3.8, 4) is 5.75 Å². The highest BCUT2D eigenvalue weighted by Crippen LogP contribution is 2.25. The Hall–Kier alpha value is -2.95. The van der Waals surface area contributed by atoms with Crippen LogP contribution in [0.15, 0.2) is 42.5 Å². The number of rotatable bonds is 5. The molecular weight excluding hydrogens is 431 g/mol. The van der Waals surface area contributed by atoms with Crippen molar-refractivity contribution in [3.05, 3.63) is 68.2 Å². The van der Waals surface area contributed by atoms with E-state index in [-0.39, 0.29) is 22.3 Å². The van der Waals surface area contributed by atoms with Gasteiger partial charge in [-0.1, -0.05) is 35.3 Å². The molecule has 2 aromatic carbocycles. The Morgan fingerprint density at radius 1 is 1.11 bits per heavy atom. The zero-order valence-electron chi connectivity index (χ0n) is 13.9. The number of halogens is 2. The first-order valence-corrected chi connectivity index (χ1v) is 8.66. The van der Waals surface area contributed by atoms with E-state index in [0.717, 1.165) is 6.07 Å². The predicted molar refractivity (Wildman–Crippen MR) is 106 cm³/mol. The van der Waals surface area contributed by atoms with E-state index in [4.69, 9.17) is 40.2 Å². The molecule has 0 aliphatic carbocycles. The minimum Gasteiger partial charge on any atom is -0.482 e. The number of nitro benzene ring substituents is 1. The highest BCUT2D eigenvalue weighted by molar-refractivity contribution is 7.80. The molecular formula is C16H12Cl2N4O5S. The molecule has 0 heterocycles. The molecule has 2 amide bonds. The summed E-state index contributed by atoms with van der Waals surface area (Å²) in [5.41, 5.74) is 4.06. The van der Waals surface area contributed by atoms with Crippen LogP contribution in [0.3, 0.4) is 0 Å². The predicted octanol–water partition coefficient (Wildman–Crippen LogP) is 2.62. The second-order valence-corrected chi connectivity index (χ2v) is 6.32. The smallest absolute Gasteiger partial charge is 0.288 e. The van der Waals surface area contributed by atoms with Gasteiger partial charge in [-0.05, 0) is 36.5 Å². The van der Waals surface area contributed by atoms with Crippen molar-refractivity contribution in [2.24, 2.45) is 0 Å². The first kappa shape index (κ1) is 21.4. The molecule has 0 saturated heterocycles. The fourth-order valence-corrected chi connectivity index (χ4v) is 2.42. The Morgan fingerprint density at radius 2 is 1.82 bits per heavy atom. The van der Waals surface area contributed by atoms with Gasteiger partial charge in [0.2, 0.25) is 0 Å². The van der Waals surface area contributed by atoms with E-state index >= 15 is 0 Å². The van der Waals surface area contributed by atoms with Crippen molar-refractivity contribution in [2.75, 3.05) is 6.61 Å². The van der Waals surface area contributed by atoms with E-state index in [1.165, 1.54) is 12.1 Å². The third-order valence-corrected chi connectivity index (χ3v) is 3.98. The van der Waals surface area contributed by atoms with Crippen LogP contribution in [-0.4, -0.2) is 28.5 Å². The van der Waals surface area contributed by atoms with Crippen LogP contribution in [0.1, 0.15) is 10.4 Å². The van der Waals surface area contributed by atoms with Crippen molar-refractivity contribution >= 4 is 58.0 Å². The molecule has 0 aliphatic heterocycles. The monoisotopic (exact) mass is 442 g/mol. The molecule has 9 nitrogen and oxygen atoms in total. The molecule has 0 atom stereocenters. The SMILES string of the molecule is O=C(COc1ccccc1Cl)NC(=S)NNC(=O)c1ccc(Cl)c([N+](=O)[O-])c1. The molecule has 3 N–H and O–H groups in total. The van der Waals surface area contributed by atoms with Crippen LogP contribution < -0.4 is 20.9 Å². The first-order chi connectivity index (χ1) is 13.3. The zero-order chi connectivity index (χ0) is 20.7. The number of carbonyl (C=O) groups is 2. The molecule has 12 heteroatoms. The van der Waals surface area contributed by atoms with Gasteiger partial charge in [0.25, 0.3) is 17.5 Å². The number of para-hydroxylation sites is 1. The van der Waals surface area contributed by atoms with Crippen LogP contribution in [0.25, 0.3) is 0 Å². The first-order valence-electron chi connectivity index (χ1n) is 7.49. The van der Waals surface area contributed by atoms with Crippen LogP contribution in [0.5, 0.6) is 5.75 Å². The average Bonchev–Trinajstić information content (AvgIpc) is 2.65. The van der Waals surface area contributed by atoms with Crippen molar-refractivity contribution in [3.63, 3.8) is 0 Å². The number of amides is 2. The summed E-state index contributed by atoms with van der Waals surface area (Å²) in [7, 11) is 0. The Bertz CT molecular complexity index is 941. The third-order valence-electron chi connectivity index (χ3n) is 3.14. The van der Waals surface area contributed by atoms with E-state index < -0.39 is 22.4 Å². The highest BCUT2D eigenvalue weighted by atomic mass is 35.5. The fraction of sp³-hybridized carbons (Fsp3) is 0.0625. The number of nitrogens with zero attached hydrogens (tertiary/aromatic N) is 1. The van der Waals surface area contributed by atoms with E-state index in [1.807, 2.05) is 0 Å². The van der Waals surface area contributed by atoms with Gasteiger partial charge in [-0.3, -0.25) is 35.9 Å². The third kappa shape index (κ3) is 6.05. The van der Waals surface area contributed by atoms with Crippen molar-refractivity contribution in [2.45, 2.75) is 0 Å². The van der Waals surface area contributed by atoms with Gasteiger partial charge < -0.3 is 4.74 Å². The summed E-state index contributed by atoms with van der Waals surface area (Å²) in [4.78, 5) is 34.0. The molecule has 0 saturated carbocycles. The van der Waals surface area contributed by atoms with E-state index in [9.17, 15) is 19.7 Å². The highest BCUT2D eigenvalue weighted by Gasteiger charge is 2.16. The van der Waals surface area contributed by atoms with E-state index in [1.54, 1.807) is 24.3 Å². The number of ether oxygens (including phenoxy) is 1. The summed E-state index contributed by atoms with van der Waals surface area (Å²) in [6, 6.07) is 10.1. The van der Waals surface area contributed by atoms with Gasteiger partial charge >= 0.3 is 0 Å². The largest absolute Gasteiger partial charge is 0.482 e. The molecule has 28 heavy (non-hydrogen) atoms. The number of thiocarbonyl (C=S) groups is 1. The van der Waals surface area contributed by atoms with E-state index in [2.05, 4.69) is 16.2 Å². The van der Waals surface area contributed by atoms with Crippen molar-refractivity contribution < 1.29 is 19.2 Å². The fourth-order valence-electron chi connectivity index (χ4n) is 1.88. The number of hydrogen-bond acceptors (Lipinski definition) is 6. The standard InChI is InChI=1S/C16H12Cl2N4O5S/c17-10-6-5-9(7-12(10)22(25)26)15(24)20-21-16(28)19-14(23)8-27-13-4-2-1-3-11(13)18/h1-7H,8H2,(H,20,24)(H2,19,21,23,28). The van der Waals surface area contributed by atoms with Gasteiger partial charge in [0.05, 0.1) is 9.95 Å². The summed E-state index contributed by atoms with van der Waals surface area (Å²) < 4.78 is 5.25. The van der Waals surface area contributed by atoms with Crippen molar-refractivity contribution in [1.82, 2.24) is 16.2 Å². The van der Waals surface area contributed by atoms with Gasteiger partial charge in [-0.2, -0.15) is 0 Å². The lowest BCUT2D eigenvalue weighted by atomic mass is 10.2. The Balaban J connectivity index is 1.82. The van der Waals surface area contributed by atoms with Crippen molar-refractivity contribution in [1.29, 1.82) is 0 Å². The maximum atomic E-state index is 12.0. The Morgan fingerprint density at radius 3 is 2.50 bits per heavy atom. The molecule has 0 aromatic heterocycles. The minimum absolute atomic E-state index is 0.0280. The minimum atomic E-state index is -0.719. The topological polar surface area (TPSA) is 123 Å². The number of hydrogen-bond donors (Lipinski definition) is 3. The second-order valence-electron chi connectivity index (χ2n) is 5.10. The summed E-state index contributed by atoms with van der Waals surface area (Å²) in [6.07, 6.45) is 0. The number of hydrazine groups is 1. The molecule has 2 rings (SSSR count). The zero-order valence-corrected chi connectivity index (χ0v) is 16.2. The summed E-state index contributed by atoms with van der Waals surface area (Å²) in [5, 5.41) is 13.2.